The van der Waals surface area contributed by atoms with Crippen molar-refractivity contribution in [2.45, 2.75) is 32.7 Å². The minimum atomic E-state index is -0.789. The molecule has 0 saturated heterocycles. The number of aryl methyl sites for hydroxylation is 1. The van der Waals surface area contributed by atoms with Crippen LogP contribution in [0.4, 0.5) is 8.78 Å². The van der Waals surface area contributed by atoms with Gasteiger partial charge in [-0.1, -0.05) is 25.5 Å². The third-order valence-corrected chi connectivity index (χ3v) is 4.78. The van der Waals surface area contributed by atoms with Gasteiger partial charge < -0.3 is 0 Å². The van der Waals surface area contributed by atoms with Crippen molar-refractivity contribution in [3.05, 3.63) is 76.1 Å². The number of H-pyrrole nitrogens is 1. The SMILES string of the molecule is CCCCc1cn(-c2c(F)cccc2F)c(=O)n1Cc1ccc(-c2nnn[nH]2)nc1. The fourth-order valence-electron chi connectivity index (χ4n) is 3.24. The summed E-state index contributed by atoms with van der Waals surface area (Å²) in [5.74, 6) is -1.14. The molecule has 0 bridgehead atoms. The number of para-hydroxylation sites is 1. The quantitative estimate of drug-likeness (QED) is 0.505. The number of pyridine rings is 1. The number of aromatic nitrogens is 7. The number of nitrogens with zero attached hydrogens (tertiary/aromatic N) is 6. The lowest BCUT2D eigenvalue weighted by molar-refractivity contribution is 0.564. The Balaban J connectivity index is 1.71. The van der Waals surface area contributed by atoms with E-state index in [0.29, 0.717) is 23.6 Å². The van der Waals surface area contributed by atoms with Gasteiger partial charge >= 0.3 is 5.69 Å². The van der Waals surface area contributed by atoms with E-state index in [1.807, 2.05) is 13.0 Å². The lowest BCUT2D eigenvalue weighted by atomic mass is 10.2. The highest BCUT2D eigenvalue weighted by Crippen LogP contribution is 2.18. The minimum Gasteiger partial charge on any atom is -0.292 e. The van der Waals surface area contributed by atoms with Gasteiger partial charge in [-0.05, 0) is 47.0 Å². The van der Waals surface area contributed by atoms with Crippen LogP contribution in [0.2, 0.25) is 0 Å². The third kappa shape index (κ3) is 3.76. The summed E-state index contributed by atoms with van der Waals surface area (Å²) >= 11 is 0. The van der Waals surface area contributed by atoms with Crippen molar-refractivity contribution in [2.75, 3.05) is 0 Å². The van der Waals surface area contributed by atoms with E-state index in [1.54, 1.807) is 12.3 Å². The van der Waals surface area contributed by atoms with Gasteiger partial charge in [0.05, 0.1) is 6.54 Å². The van der Waals surface area contributed by atoms with Gasteiger partial charge in [0.2, 0.25) is 0 Å². The van der Waals surface area contributed by atoms with Crippen molar-refractivity contribution in [2.24, 2.45) is 0 Å². The summed E-state index contributed by atoms with van der Waals surface area (Å²) in [5.41, 5.74) is 1.15. The van der Waals surface area contributed by atoms with Gasteiger partial charge in [-0.2, -0.15) is 0 Å². The molecule has 4 rings (SSSR count). The first kappa shape index (κ1) is 19.6. The predicted molar refractivity (Wildman–Crippen MR) is 105 cm³/mol. The molecule has 0 fully saturated rings. The molecule has 4 aromatic rings. The Morgan fingerprint density at radius 2 is 1.93 bits per heavy atom. The summed E-state index contributed by atoms with van der Waals surface area (Å²) in [7, 11) is 0. The minimum absolute atomic E-state index is 0.225. The first-order valence-corrected chi connectivity index (χ1v) is 9.53. The van der Waals surface area contributed by atoms with E-state index < -0.39 is 17.3 Å². The standard InChI is InChI=1S/C20H19F2N7O/c1-2-3-5-14-12-29(18-15(21)6-4-7-16(18)22)20(30)28(14)11-13-8-9-17(23-10-13)19-24-26-27-25-19/h4,6-10,12H,2-3,5,11H2,1H3,(H,24,25,26,27). The number of halogens is 2. The number of imidazole rings is 1. The Bertz CT molecular complexity index is 1180. The second-order valence-corrected chi connectivity index (χ2v) is 6.83. The maximum Gasteiger partial charge on any atom is 0.333 e. The van der Waals surface area contributed by atoms with E-state index in [4.69, 9.17) is 0 Å². The Hall–Kier alpha value is -3.69. The molecule has 0 spiro atoms. The number of nitrogens with one attached hydrogen (secondary N) is 1. The molecule has 1 aromatic carbocycles. The summed E-state index contributed by atoms with van der Waals surface area (Å²) in [6, 6.07) is 7.08. The lowest BCUT2D eigenvalue weighted by Gasteiger charge is -2.07. The molecule has 0 amide bonds. The molecule has 0 atom stereocenters. The number of benzene rings is 1. The fraction of sp³-hybridized carbons (Fsp3) is 0.250. The van der Waals surface area contributed by atoms with Crippen molar-refractivity contribution in [3.63, 3.8) is 0 Å². The summed E-state index contributed by atoms with van der Waals surface area (Å²) < 4.78 is 31.1. The van der Waals surface area contributed by atoms with Gasteiger partial charge in [-0.3, -0.25) is 14.1 Å². The zero-order valence-electron chi connectivity index (χ0n) is 16.2. The lowest BCUT2D eigenvalue weighted by Crippen LogP contribution is -2.25. The monoisotopic (exact) mass is 411 g/mol. The van der Waals surface area contributed by atoms with Crippen molar-refractivity contribution in [1.82, 2.24) is 34.7 Å². The number of hydrogen-bond donors (Lipinski definition) is 1. The zero-order valence-corrected chi connectivity index (χ0v) is 16.2. The summed E-state index contributed by atoms with van der Waals surface area (Å²) in [5, 5.41) is 13.5. The molecule has 30 heavy (non-hydrogen) atoms. The average Bonchev–Trinajstić information content (AvgIpc) is 3.37. The number of rotatable bonds is 7. The molecule has 3 heterocycles. The zero-order chi connectivity index (χ0) is 21.1. The number of tetrazole rings is 1. The summed E-state index contributed by atoms with van der Waals surface area (Å²) in [4.78, 5) is 17.4. The van der Waals surface area contributed by atoms with Crippen molar-refractivity contribution < 1.29 is 8.78 Å². The van der Waals surface area contributed by atoms with Crippen LogP contribution in [0.5, 0.6) is 0 Å². The van der Waals surface area contributed by atoms with Crippen LogP contribution in [0.3, 0.4) is 0 Å². The van der Waals surface area contributed by atoms with Crippen LogP contribution >= 0.6 is 0 Å². The van der Waals surface area contributed by atoms with Crippen LogP contribution in [-0.4, -0.2) is 34.7 Å². The highest BCUT2D eigenvalue weighted by Gasteiger charge is 2.18. The van der Waals surface area contributed by atoms with Gasteiger partial charge in [-0.15, -0.1) is 5.10 Å². The molecule has 154 valence electrons. The van der Waals surface area contributed by atoms with Gasteiger partial charge in [0.25, 0.3) is 0 Å². The molecular weight excluding hydrogens is 392 g/mol. The maximum atomic E-state index is 14.3. The molecule has 0 saturated carbocycles. The second kappa shape index (κ2) is 8.36. The van der Waals surface area contributed by atoms with Crippen LogP contribution in [0, 0.1) is 11.6 Å². The average molecular weight is 411 g/mol. The molecule has 0 radical (unpaired) electrons. The first-order valence-electron chi connectivity index (χ1n) is 9.53. The molecule has 0 aliphatic rings. The molecule has 3 aromatic heterocycles. The van der Waals surface area contributed by atoms with Crippen molar-refractivity contribution in [3.8, 4) is 17.2 Å². The van der Waals surface area contributed by atoms with E-state index in [2.05, 4.69) is 25.6 Å². The van der Waals surface area contributed by atoms with Crippen LogP contribution in [0.1, 0.15) is 31.0 Å². The largest absolute Gasteiger partial charge is 0.333 e. The van der Waals surface area contributed by atoms with Gasteiger partial charge in [-0.25, -0.2) is 18.7 Å². The van der Waals surface area contributed by atoms with Gasteiger partial charge in [0.1, 0.15) is 23.0 Å². The molecule has 0 aliphatic heterocycles. The van der Waals surface area contributed by atoms with E-state index in [1.165, 1.54) is 16.8 Å². The summed E-state index contributed by atoms with van der Waals surface area (Å²) in [6.07, 6.45) is 5.52. The fourth-order valence-corrected chi connectivity index (χ4v) is 3.24. The topological polar surface area (TPSA) is 94.3 Å². The van der Waals surface area contributed by atoms with Gasteiger partial charge in [0.15, 0.2) is 5.82 Å². The number of hydrogen-bond acceptors (Lipinski definition) is 5. The van der Waals surface area contributed by atoms with E-state index in [-0.39, 0.29) is 12.2 Å². The molecule has 0 aliphatic carbocycles. The van der Waals surface area contributed by atoms with E-state index in [0.717, 1.165) is 35.1 Å². The van der Waals surface area contributed by atoms with Crippen molar-refractivity contribution in [1.29, 1.82) is 0 Å². The van der Waals surface area contributed by atoms with Crippen LogP contribution in [0.15, 0.2) is 47.5 Å². The van der Waals surface area contributed by atoms with Gasteiger partial charge in [0, 0.05) is 18.1 Å². The molecular formula is C20H19F2N7O. The molecule has 1 N–H and O–H groups in total. The molecule has 8 nitrogen and oxygen atoms in total. The molecule has 10 heteroatoms. The number of aromatic amines is 1. The van der Waals surface area contributed by atoms with Crippen LogP contribution in [-0.2, 0) is 13.0 Å². The summed E-state index contributed by atoms with van der Waals surface area (Å²) in [6.45, 7) is 2.26. The highest BCUT2D eigenvalue weighted by atomic mass is 19.1. The Kier molecular flexibility index (Phi) is 5.46. The predicted octanol–water partition coefficient (Wildman–Crippen LogP) is 2.88. The smallest absolute Gasteiger partial charge is 0.292 e. The van der Waals surface area contributed by atoms with Crippen molar-refractivity contribution >= 4 is 0 Å². The maximum absolute atomic E-state index is 14.3. The third-order valence-electron chi connectivity index (χ3n) is 4.78. The van der Waals surface area contributed by atoms with E-state index in [9.17, 15) is 13.6 Å². The highest BCUT2D eigenvalue weighted by molar-refractivity contribution is 5.47. The number of unbranched alkanes of at least 4 members (excludes halogenated alkanes) is 1. The molecule has 0 unspecified atom stereocenters. The first-order chi connectivity index (χ1) is 14.6. The second-order valence-electron chi connectivity index (χ2n) is 6.83. The Morgan fingerprint density at radius 3 is 2.57 bits per heavy atom. The Labute approximate surface area is 170 Å². The van der Waals surface area contributed by atoms with Crippen LogP contribution < -0.4 is 5.69 Å². The Morgan fingerprint density at radius 1 is 1.13 bits per heavy atom. The van der Waals surface area contributed by atoms with E-state index >= 15 is 0 Å². The normalized spacial score (nSPS) is 11.2. The van der Waals surface area contributed by atoms with Crippen LogP contribution in [0.25, 0.3) is 17.2 Å².